The van der Waals surface area contributed by atoms with E-state index in [1.807, 2.05) is 0 Å². The third kappa shape index (κ3) is 6.40. The summed E-state index contributed by atoms with van der Waals surface area (Å²) in [6.45, 7) is 3.07. The molecule has 2 aromatic rings. The molecule has 2 rings (SSSR count). The first-order valence-corrected chi connectivity index (χ1v) is 10.3. The van der Waals surface area contributed by atoms with E-state index in [0.29, 0.717) is 0 Å². The van der Waals surface area contributed by atoms with Gasteiger partial charge in [0.1, 0.15) is 4.90 Å². The SMILES string of the molecule is COc1nc(NC(=O)NS(=O)(=O)c2cc(Cl)ccc2C(=O)OC(C)C)nc(C(F)(F)F)n1. The molecule has 0 aliphatic heterocycles. The first-order valence-electron chi connectivity index (χ1n) is 8.44. The molecule has 16 heteroatoms. The predicted molar refractivity (Wildman–Crippen MR) is 103 cm³/mol. The molecule has 0 atom stereocenters. The molecule has 0 fully saturated rings. The topological polar surface area (TPSA) is 149 Å². The standard InChI is InChI=1S/C16H15ClF3N5O6S/c1-7(2)31-11(26)9-5-4-8(17)6-10(9)32(28,29)25-14(27)23-13-21-12(16(18,19)20)22-15(24-13)30-3/h4-7H,1-3H3,(H2,21,22,23,24,25,27). The zero-order chi connectivity index (χ0) is 24.3. The van der Waals surface area contributed by atoms with Crippen LogP contribution in [0.5, 0.6) is 6.01 Å². The predicted octanol–water partition coefficient (Wildman–Crippen LogP) is 2.63. The van der Waals surface area contributed by atoms with Crippen molar-refractivity contribution in [2.75, 3.05) is 12.4 Å². The van der Waals surface area contributed by atoms with Crippen molar-refractivity contribution in [2.45, 2.75) is 31.0 Å². The van der Waals surface area contributed by atoms with Crippen LogP contribution in [0.2, 0.25) is 5.02 Å². The summed E-state index contributed by atoms with van der Waals surface area (Å²) >= 11 is 5.80. The molecule has 32 heavy (non-hydrogen) atoms. The molecule has 0 spiro atoms. The Bertz CT molecular complexity index is 1140. The van der Waals surface area contributed by atoms with Crippen LogP contribution in [-0.4, -0.2) is 48.6 Å². The van der Waals surface area contributed by atoms with Crippen molar-refractivity contribution in [3.63, 3.8) is 0 Å². The van der Waals surface area contributed by atoms with Gasteiger partial charge in [0.2, 0.25) is 11.8 Å². The molecule has 0 aliphatic carbocycles. The average Bonchev–Trinajstić information content (AvgIpc) is 2.65. The minimum Gasteiger partial charge on any atom is -0.467 e. The van der Waals surface area contributed by atoms with Crippen LogP contribution < -0.4 is 14.8 Å². The highest BCUT2D eigenvalue weighted by atomic mass is 35.5. The highest BCUT2D eigenvalue weighted by Crippen LogP contribution is 2.27. The largest absolute Gasteiger partial charge is 0.467 e. The Morgan fingerprint density at radius 3 is 2.38 bits per heavy atom. The Balaban J connectivity index is 2.33. The number of ether oxygens (including phenoxy) is 2. The second kappa shape index (κ2) is 9.52. The molecule has 0 radical (unpaired) electrons. The van der Waals surface area contributed by atoms with E-state index in [0.717, 1.165) is 19.2 Å². The Hall–Kier alpha value is -3.20. The van der Waals surface area contributed by atoms with E-state index < -0.39 is 62.5 Å². The second-order valence-corrected chi connectivity index (χ2v) is 8.21. The van der Waals surface area contributed by atoms with Crippen LogP contribution in [0.3, 0.4) is 0 Å². The van der Waals surface area contributed by atoms with E-state index in [1.54, 1.807) is 5.32 Å². The maximum atomic E-state index is 12.9. The van der Waals surface area contributed by atoms with Crippen LogP contribution >= 0.6 is 11.6 Å². The number of carbonyl (C=O) groups is 2. The summed E-state index contributed by atoms with van der Waals surface area (Å²) in [4.78, 5) is 33.0. The quantitative estimate of drug-likeness (QED) is 0.574. The van der Waals surface area contributed by atoms with E-state index in [-0.39, 0.29) is 5.02 Å². The summed E-state index contributed by atoms with van der Waals surface area (Å²) in [7, 11) is -3.77. The number of esters is 1. The number of halogens is 4. The number of hydrogen-bond donors (Lipinski definition) is 2. The molecule has 0 saturated carbocycles. The van der Waals surface area contributed by atoms with Crippen LogP contribution in [-0.2, 0) is 20.9 Å². The van der Waals surface area contributed by atoms with Crippen LogP contribution in [0.4, 0.5) is 23.9 Å². The molecule has 0 unspecified atom stereocenters. The molecule has 2 N–H and O–H groups in total. The van der Waals surface area contributed by atoms with E-state index in [4.69, 9.17) is 16.3 Å². The summed E-state index contributed by atoms with van der Waals surface area (Å²) < 4.78 is 74.9. The minimum atomic E-state index is -5.00. The number of amides is 2. The average molecular weight is 498 g/mol. The molecule has 0 saturated heterocycles. The van der Waals surface area contributed by atoms with Crippen LogP contribution in [0.25, 0.3) is 0 Å². The summed E-state index contributed by atoms with van der Waals surface area (Å²) in [6, 6.07) is 0.884. The minimum absolute atomic E-state index is 0.0797. The Morgan fingerprint density at radius 2 is 1.81 bits per heavy atom. The van der Waals surface area contributed by atoms with Gasteiger partial charge in [-0.15, -0.1) is 0 Å². The lowest BCUT2D eigenvalue weighted by molar-refractivity contribution is -0.145. The number of urea groups is 1. The molecule has 2 amide bonds. The Labute approximate surface area is 184 Å². The number of alkyl halides is 3. The van der Waals surface area contributed by atoms with E-state index >= 15 is 0 Å². The maximum absolute atomic E-state index is 12.9. The van der Waals surface area contributed by atoms with Gasteiger partial charge in [-0.25, -0.2) is 22.7 Å². The molecule has 0 aliphatic rings. The van der Waals surface area contributed by atoms with Crippen molar-refractivity contribution >= 4 is 39.6 Å². The van der Waals surface area contributed by atoms with Gasteiger partial charge in [0.25, 0.3) is 10.0 Å². The van der Waals surface area contributed by atoms with Gasteiger partial charge < -0.3 is 9.47 Å². The van der Waals surface area contributed by atoms with E-state index in [9.17, 15) is 31.2 Å². The van der Waals surface area contributed by atoms with Crippen LogP contribution in [0.1, 0.15) is 30.0 Å². The zero-order valence-corrected chi connectivity index (χ0v) is 18.1. The summed E-state index contributed by atoms with van der Waals surface area (Å²) in [6.07, 6.45) is -5.58. The second-order valence-electron chi connectivity index (χ2n) is 6.12. The van der Waals surface area contributed by atoms with Crippen molar-refractivity contribution in [3.05, 3.63) is 34.6 Å². The van der Waals surface area contributed by atoms with Crippen LogP contribution in [0, 0.1) is 0 Å². The Kier molecular flexibility index (Phi) is 7.46. The molecule has 174 valence electrons. The fraction of sp³-hybridized carbons (Fsp3) is 0.312. The van der Waals surface area contributed by atoms with Crippen molar-refractivity contribution in [3.8, 4) is 6.01 Å². The molecular formula is C16H15ClF3N5O6S. The van der Waals surface area contributed by atoms with Crippen molar-refractivity contribution in [1.29, 1.82) is 0 Å². The fourth-order valence-corrected chi connectivity index (χ4v) is 3.46. The van der Waals surface area contributed by atoms with Gasteiger partial charge in [0.15, 0.2) is 0 Å². The summed E-state index contributed by atoms with van der Waals surface area (Å²) in [5, 5.41) is 1.65. The number of anilines is 1. The third-order valence-electron chi connectivity index (χ3n) is 3.30. The monoisotopic (exact) mass is 497 g/mol. The molecule has 1 heterocycles. The van der Waals surface area contributed by atoms with Gasteiger partial charge in [-0.05, 0) is 32.0 Å². The highest BCUT2D eigenvalue weighted by Gasteiger charge is 2.36. The number of hydrogen-bond acceptors (Lipinski definition) is 9. The van der Waals surface area contributed by atoms with Gasteiger partial charge >= 0.3 is 24.2 Å². The molecule has 0 bridgehead atoms. The first-order chi connectivity index (χ1) is 14.7. The normalized spacial score (nSPS) is 11.8. The number of benzene rings is 1. The van der Waals surface area contributed by atoms with Gasteiger partial charge in [-0.2, -0.15) is 28.1 Å². The fourth-order valence-electron chi connectivity index (χ4n) is 2.10. The van der Waals surface area contributed by atoms with E-state index in [2.05, 4.69) is 19.7 Å². The lowest BCUT2D eigenvalue weighted by atomic mass is 10.2. The number of nitrogens with zero attached hydrogens (tertiary/aromatic N) is 3. The molecule has 11 nitrogen and oxygen atoms in total. The smallest absolute Gasteiger partial charge is 0.451 e. The third-order valence-corrected chi connectivity index (χ3v) is 4.91. The lowest BCUT2D eigenvalue weighted by Crippen LogP contribution is -2.36. The summed E-state index contributed by atoms with van der Waals surface area (Å²) in [5.41, 5.74) is -0.426. The van der Waals surface area contributed by atoms with Gasteiger partial charge in [0.05, 0.1) is 18.8 Å². The van der Waals surface area contributed by atoms with Crippen molar-refractivity contribution < 1.29 is 40.7 Å². The molecular weight excluding hydrogens is 483 g/mol. The van der Waals surface area contributed by atoms with Crippen molar-refractivity contribution in [2.24, 2.45) is 0 Å². The number of carbonyl (C=O) groups excluding carboxylic acids is 2. The number of sulfonamides is 1. The molecule has 1 aromatic heterocycles. The molecule has 1 aromatic carbocycles. The Morgan fingerprint density at radius 1 is 1.16 bits per heavy atom. The summed E-state index contributed by atoms with van der Waals surface area (Å²) in [5.74, 6) is -3.63. The highest BCUT2D eigenvalue weighted by molar-refractivity contribution is 7.90. The zero-order valence-electron chi connectivity index (χ0n) is 16.5. The maximum Gasteiger partial charge on any atom is 0.451 e. The van der Waals surface area contributed by atoms with Gasteiger partial charge in [-0.1, -0.05) is 11.6 Å². The number of methoxy groups -OCH3 is 1. The van der Waals surface area contributed by atoms with Crippen molar-refractivity contribution in [1.82, 2.24) is 19.7 Å². The van der Waals surface area contributed by atoms with Gasteiger partial charge in [0, 0.05) is 5.02 Å². The number of aromatic nitrogens is 3. The van der Waals surface area contributed by atoms with E-state index in [1.165, 1.54) is 24.6 Å². The number of nitrogens with one attached hydrogen (secondary N) is 2. The first kappa shape index (κ1) is 25.1. The lowest BCUT2D eigenvalue weighted by Gasteiger charge is -2.14. The number of rotatable bonds is 6. The van der Waals surface area contributed by atoms with Crippen LogP contribution in [0.15, 0.2) is 23.1 Å². The van der Waals surface area contributed by atoms with Gasteiger partial charge in [-0.3, -0.25) is 5.32 Å².